The molecule has 4 nitrogen and oxygen atoms in total. The minimum Gasteiger partial charge on any atom is -0.450 e. The number of benzene rings is 1. The van der Waals surface area contributed by atoms with Crippen LogP contribution < -0.4 is 0 Å². The van der Waals surface area contributed by atoms with E-state index in [1.807, 2.05) is 35.2 Å². The molecule has 3 aliphatic rings. The quantitative estimate of drug-likeness (QED) is 0.799. The Bertz CT molecular complexity index is 667. The Labute approximate surface area is 134 Å². The molecule has 0 saturated carbocycles. The van der Waals surface area contributed by atoms with Crippen molar-refractivity contribution in [1.29, 1.82) is 0 Å². The second-order valence-electron chi connectivity index (χ2n) is 5.81. The fraction of sp³-hybridized carbons (Fsp3) is 0.353. The second-order valence-corrected chi connectivity index (χ2v) is 6.24. The highest BCUT2D eigenvalue weighted by Crippen LogP contribution is 2.37. The number of nitrogens with zero attached hydrogens (tertiary/aromatic N) is 1. The molecule has 0 aliphatic carbocycles. The molecule has 0 radical (unpaired) electrons. The lowest BCUT2D eigenvalue weighted by atomic mass is 10.1. The van der Waals surface area contributed by atoms with Gasteiger partial charge in [0.1, 0.15) is 5.76 Å². The summed E-state index contributed by atoms with van der Waals surface area (Å²) in [7, 11) is 0. The Hall–Kier alpha value is -1.78. The highest BCUT2D eigenvalue weighted by molar-refractivity contribution is 6.30. The van der Waals surface area contributed by atoms with Crippen molar-refractivity contribution in [2.24, 2.45) is 0 Å². The predicted octanol–water partition coefficient (Wildman–Crippen LogP) is 2.98. The van der Waals surface area contributed by atoms with Crippen molar-refractivity contribution >= 4 is 23.6 Å². The Morgan fingerprint density at radius 2 is 2.14 bits per heavy atom. The standard InChI is InChI=1S/C17H16ClNO3/c18-13-5-3-12(4-6-13)10-15-7-8-17(22-15)16(20)19-9-1-2-14(19)11-21-17/h3-8,10,14H,1-2,9,11H2/b15-10-/t14-,17-/m0/s1. The van der Waals surface area contributed by atoms with E-state index in [-0.39, 0.29) is 11.9 Å². The molecule has 0 aromatic heterocycles. The zero-order chi connectivity index (χ0) is 15.2. The SMILES string of the molecule is O=C1N2CCC[C@H]2CO[C@]12C=C/C(=C/c1ccc(Cl)cc1)O2. The summed E-state index contributed by atoms with van der Waals surface area (Å²) in [6.07, 6.45) is 7.43. The Morgan fingerprint density at radius 1 is 1.32 bits per heavy atom. The van der Waals surface area contributed by atoms with Gasteiger partial charge < -0.3 is 14.4 Å². The third kappa shape index (κ3) is 2.23. The van der Waals surface area contributed by atoms with Crippen LogP contribution in [-0.2, 0) is 14.3 Å². The molecule has 114 valence electrons. The van der Waals surface area contributed by atoms with Gasteiger partial charge in [0, 0.05) is 17.6 Å². The molecule has 2 fully saturated rings. The molecule has 1 aromatic carbocycles. The van der Waals surface area contributed by atoms with Crippen LogP contribution in [0, 0.1) is 0 Å². The number of morpholine rings is 1. The van der Waals surface area contributed by atoms with Crippen molar-refractivity contribution in [3.8, 4) is 0 Å². The molecule has 3 aliphatic heterocycles. The van der Waals surface area contributed by atoms with Gasteiger partial charge in [0.15, 0.2) is 0 Å². The number of halogens is 1. The van der Waals surface area contributed by atoms with Crippen LogP contribution in [0.2, 0.25) is 5.02 Å². The lowest BCUT2D eigenvalue weighted by molar-refractivity contribution is -0.219. The number of hydrogen-bond acceptors (Lipinski definition) is 3. The highest BCUT2D eigenvalue weighted by atomic mass is 35.5. The monoisotopic (exact) mass is 317 g/mol. The summed E-state index contributed by atoms with van der Waals surface area (Å²) in [5.41, 5.74) is 0.961. The van der Waals surface area contributed by atoms with Crippen LogP contribution >= 0.6 is 11.6 Å². The first-order valence-corrected chi connectivity index (χ1v) is 7.85. The van der Waals surface area contributed by atoms with Crippen LogP contribution in [0.25, 0.3) is 6.08 Å². The third-order valence-electron chi connectivity index (χ3n) is 4.34. The molecule has 3 heterocycles. The number of hydrogen-bond donors (Lipinski definition) is 0. The van der Waals surface area contributed by atoms with Gasteiger partial charge >= 0.3 is 5.79 Å². The Balaban J connectivity index is 1.56. The van der Waals surface area contributed by atoms with Gasteiger partial charge in [-0.25, -0.2) is 0 Å². The number of allylic oxidation sites excluding steroid dienone is 1. The maximum Gasteiger partial charge on any atom is 0.311 e. The minimum atomic E-state index is -1.26. The van der Waals surface area contributed by atoms with E-state index in [1.54, 1.807) is 12.2 Å². The van der Waals surface area contributed by atoms with E-state index >= 15 is 0 Å². The maximum absolute atomic E-state index is 12.7. The fourth-order valence-electron chi connectivity index (χ4n) is 3.19. The molecular formula is C17H16ClNO3. The van der Waals surface area contributed by atoms with Gasteiger partial charge in [0.2, 0.25) is 0 Å². The van der Waals surface area contributed by atoms with Gasteiger partial charge in [-0.3, -0.25) is 4.79 Å². The molecule has 0 bridgehead atoms. The van der Waals surface area contributed by atoms with E-state index in [9.17, 15) is 4.79 Å². The van der Waals surface area contributed by atoms with Gasteiger partial charge in [0.05, 0.1) is 12.6 Å². The number of carbonyl (C=O) groups excluding carboxylic acids is 1. The first kappa shape index (κ1) is 13.9. The van der Waals surface area contributed by atoms with Crippen molar-refractivity contribution < 1.29 is 14.3 Å². The molecule has 1 spiro atoms. The van der Waals surface area contributed by atoms with Crippen molar-refractivity contribution in [2.45, 2.75) is 24.7 Å². The van der Waals surface area contributed by atoms with Crippen molar-refractivity contribution in [2.75, 3.05) is 13.2 Å². The molecule has 2 atom stereocenters. The van der Waals surface area contributed by atoms with E-state index < -0.39 is 5.79 Å². The van der Waals surface area contributed by atoms with E-state index in [1.165, 1.54) is 0 Å². The molecule has 1 amide bonds. The van der Waals surface area contributed by atoms with E-state index in [0.29, 0.717) is 17.4 Å². The predicted molar refractivity (Wildman–Crippen MR) is 83.1 cm³/mol. The average Bonchev–Trinajstić information content (AvgIpc) is 3.14. The molecule has 22 heavy (non-hydrogen) atoms. The molecule has 0 unspecified atom stereocenters. The fourth-order valence-corrected chi connectivity index (χ4v) is 3.31. The summed E-state index contributed by atoms with van der Waals surface area (Å²) in [6, 6.07) is 7.65. The molecule has 1 aromatic rings. The number of ether oxygens (including phenoxy) is 2. The summed E-state index contributed by atoms with van der Waals surface area (Å²) in [4.78, 5) is 14.5. The molecule has 2 saturated heterocycles. The first-order valence-electron chi connectivity index (χ1n) is 7.47. The van der Waals surface area contributed by atoms with Gasteiger partial charge in [-0.2, -0.15) is 0 Å². The largest absolute Gasteiger partial charge is 0.450 e. The molecule has 4 rings (SSSR count). The van der Waals surface area contributed by atoms with Gasteiger partial charge in [0.25, 0.3) is 5.91 Å². The van der Waals surface area contributed by atoms with E-state index in [4.69, 9.17) is 21.1 Å². The van der Waals surface area contributed by atoms with Gasteiger partial charge in [-0.15, -0.1) is 0 Å². The smallest absolute Gasteiger partial charge is 0.311 e. The summed E-state index contributed by atoms with van der Waals surface area (Å²) < 4.78 is 11.6. The van der Waals surface area contributed by atoms with E-state index in [0.717, 1.165) is 24.9 Å². The molecule has 5 heteroatoms. The normalized spacial score (nSPS) is 31.9. The van der Waals surface area contributed by atoms with Crippen LogP contribution in [0.5, 0.6) is 0 Å². The van der Waals surface area contributed by atoms with Crippen molar-refractivity contribution in [1.82, 2.24) is 4.90 Å². The number of rotatable bonds is 1. The van der Waals surface area contributed by atoms with Crippen molar-refractivity contribution in [3.05, 3.63) is 52.8 Å². The van der Waals surface area contributed by atoms with Crippen molar-refractivity contribution in [3.63, 3.8) is 0 Å². The minimum absolute atomic E-state index is 0.0861. The Kier molecular flexibility index (Phi) is 3.24. The van der Waals surface area contributed by atoms with Crippen LogP contribution in [-0.4, -0.2) is 35.8 Å². The highest BCUT2D eigenvalue weighted by Gasteiger charge is 2.52. The Morgan fingerprint density at radius 3 is 2.95 bits per heavy atom. The number of fused-ring (bicyclic) bond motifs is 1. The number of amides is 1. The lowest BCUT2D eigenvalue weighted by Gasteiger charge is -2.39. The second kappa shape index (κ2) is 5.14. The average molecular weight is 318 g/mol. The summed E-state index contributed by atoms with van der Waals surface area (Å²) in [6.45, 7) is 1.33. The van der Waals surface area contributed by atoms with Crippen LogP contribution in [0.1, 0.15) is 18.4 Å². The summed E-state index contributed by atoms with van der Waals surface area (Å²) >= 11 is 5.88. The third-order valence-corrected chi connectivity index (χ3v) is 4.59. The number of carbonyl (C=O) groups is 1. The molecule has 0 N–H and O–H groups in total. The summed E-state index contributed by atoms with van der Waals surface area (Å²) in [5.74, 6) is -0.732. The zero-order valence-corrected chi connectivity index (χ0v) is 12.8. The zero-order valence-electron chi connectivity index (χ0n) is 12.0. The molecular weight excluding hydrogens is 302 g/mol. The van der Waals surface area contributed by atoms with Crippen LogP contribution in [0.3, 0.4) is 0 Å². The van der Waals surface area contributed by atoms with E-state index in [2.05, 4.69) is 0 Å². The van der Waals surface area contributed by atoms with Gasteiger partial charge in [-0.05, 0) is 42.7 Å². The van der Waals surface area contributed by atoms with Gasteiger partial charge in [-0.1, -0.05) is 23.7 Å². The lowest BCUT2D eigenvalue weighted by Crippen LogP contribution is -2.58. The van der Waals surface area contributed by atoms with Crippen LogP contribution in [0.4, 0.5) is 0 Å². The topological polar surface area (TPSA) is 38.8 Å². The van der Waals surface area contributed by atoms with Crippen LogP contribution in [0.15, 0.2) is 42.2 Å². The summed E-state index contributed by atoms with van der Waals surface area (Å²) in [5, 5.41) is 0.687. The maximum atomic E-state index is 12.7. The first-order chi connectivity index (χ1) is 10.7.